The van der Waals surface area contributed by atoms with Crippen LogP contribution in [-0.4, -0.2) is 63.8 Å². The number of fused-ring (bicyclic) bond motifs is 1. The number of aryl methyl sites for hydroxylation is 1. The van der Waals surface area contributed by atoms with Crippen molar-refractivity contribution in [2.24, 2.45) is 0 Å². The smallest absolute Gasteiger partial charge is 0.307 e. The molecule has 0 spiro atoms. The molecule has 13 heteroatoms. The zero-order chi connectivity index (χ0) is 20.5. The Morgan fingerprint density at radius 2 is 2.23 bits per heavy atom. The largest absolute Gasteiger partial charge is 0.466 e. The van der Waals surface area contributed by atoms with Crippen LogP contribution in [0.15, 0.2) is 23.1 Å². The Morgan fingerprint density at radius 3 is 3.03 bits per heavy atom. The molecule has 0 aliphatic carbocycles. The van der Waals surface area contributed by atoms with Crippen molar-refractivity contribution in [1.82, 2.24) is 45.2 Å². The van der Waals surface area contributed by atoms with Crippen LogP contribution in [0.5, 0.6) is 0 Å². The summed E-state index contributed by atoms with van der Waals surface area (Å²) in [6.07, 6.45) is 5.86. The first-order chi connectivity index (χ1) is 14.7. The lowest BCUT2D eigenvalue weighted by Crippen LogP contribution is -2.31. The monoisotopic (exact) mass is 410 g/mol. The molecule has 0 amide bonds. The van der Waals surface area contributed by atoms with Gasteiger partial charge in [0, 0.05) is 25.2 Å². The quantitative estimate of drug-likeness (QED) is 0.446. The van der Waals surface area contributed by atoms with Gasteiger partial charge in [-0.25, -0.2) is 14.3 Å². The van der Waals surface area contributed by atoms with E-state index in [9.17, 15) is 4.79 Å². The topological polar surface area (TPSA) is 152 Å². The molecule has 1 N–H and O–H groups in total. The minimum atomic E-state index is -0.226. The summed E-state index contributed by atoms with van der Waals surface area (Å²) in [6, 6.07) is -0.0795. The molecule has 0 radical (unpaired) electrons. The van der Waals surface area contributed by atoms with Gasteiger partial charge in [-0.2, -0.15) is 5.10 Å². The Hall–Kier alpha value is -3.90. The van der Waals surface area contributed by atoms with Crippen LogP contribution in [0.1, 0.15) is 25.7 Å². The summed E-state index contributed by atoms with van der Waals surface area (Å²) in [6.45, 7) is 3.31. The van der Waals surface area contributed by atoms with Crippen molar-refractivity contribution in [3.05, 3.63) is 24.6 Å². The molecule has 1 aliphatic heterocycles. The Kier molecular flexibility index (Phi) is 4.53. The summed E-state index contributed by atoms with van der Waals surface area (Å²) in [7, 11) is 0. The standard InChI is InChI=1S/C17H18N10O3/c1-2-27-16-11(7-20-27)15(21-10-3-4-29-14(28)5-10)12(6-18-16)17-23-22-13(30-17)8-26-9-19-24-25-26/h6-7,9-10H,2-5,8H2,1H3,(H,18,21). The predicted octanol–water partition coefficient (Wildman–Crippen LogP) is 0.653. The maximum absolute atomic E-state index is 11.7. The number of carbonyl (C=O) groups is 1. The number of esters is 1. The second-order valence-electron chi connectivity index (χ2n) is 6.81. The van der Waals surface area contributed by atoms with Gasteiger partial charge in [0.1, 0.15) is 12.9 Å². The first kappa shape index (κ1) is 18.1. The van der Waals surface area contributed by atoms with Gasteiger partial charge in [-0.1, -0.05) is 0 Å². The molecule has 5 rings (SSSR count). The fraction of sp³-hybridized carbons (Fsp3) is 0.412. The maximum Gasteiger partial charge on any atom is 0.307 e. The molecule has 30 heavy (non-hydrogen) atoms. The van der Waals surface area contributed by atoms with E-state index in [1.807, 2.05) is 6.92 Å². The van der Waals surface area contributed by atoms with Crippen molar-refractivity contribution in [1.29, 1.82) is 0 Å². The number of cyclic esters (lactones) is 1. The van der Waals surface area contributed by atoms with Crippen molar-refractivity contribution in [3.63, 3.8) is 0 Å². The van der Waals surface area contributed by atoms with Gasteiger partial charge in [0.15, 0.2) is 5.65 Å². The number of nitrogens with zero attached hydrogens (tertiary/aromatic N) is 9. The molecule has 1 fully saturated rings. The summed E-state index contributed by atoms with van der Waals surface area (Å²) in [4.78, 5) is 16.3. The average molecular weight is 410 g/mol. The predicted molar refractivity (Wildman–Crippen MR) is 101 cm³/mol. The third kappa shape index (κ3) is 3.33. The maximum atomic E-state index is 11.7. The number of nitrogens with one attached hydrogen (secondary N) is 1. The fourth-order valence-corrected chi connectivity index (χ4v) is 3.40. The number of carbonyl (C=O) groups excluding carboxylic acids is 1. The highest BCUT2D eigenvalue weighted by Gasteiger charge is 2.25. The molecule has 4 aromatic heterocycles. The first-order valence-corrected chi connectivity index (χ1v) is 9.51. The normalized spacial score (nSPS) is 16.7. The van der Waals surface area contributed by atoms with Crippen LogP contribution in [0.2, 0.25) is 0 Å². The summed E-state index contributed by atoms with van der Waals surface area (Å²) in [5, 5.41) is 27.9. The zero-order valence-electron chi connectivity index (χ0n) is 16.1. The van der Waals surface area contributed by atoms with Crippen molar-refractivity contribution < 1.29 is 13.9 Å². The number of pyridine rings is 1. The van der Waals surface area contributed by atoms with Crippen molar-refractivity contribution >= 4 is 22.7 Å². The molecule has 0 bridgehead atoms. The second kappa shape index (κ2) is 7.50. The van der Waals surface area contributed by atoms with Crippen molar-refractivity contribution in [3.8, 4) is 11.5 Å². The van der Waals surface area contributed by atoms with Crippen LogP contribution >= 0.6 is 0 Å². The highest BCUT2D eigenvalue weighted by molar-refractivity contribution is 5.96. The molecule has 0 aromatic carbocycles. The minimum absolute atomic E-state index is 0.0795. The SMILES string of the molecule is CCn1ncc2c(NC3CCOC(=O)C3)c(-c3nnc(Cn4cnnn4)o3)cnc21. The van der Waals surface area contributed by atoms with Crippen LogP contribution in [0, 0.1) is 0 Å². The molecule has 1 saturated heterocycles. The van der Waals surface area contributed by atoms with Gasteiger partial charge < -0.3 is 14.5 Å². The van der Waals surface area contributed by atoms with Crippen LogP contribution < -0.4 is 5.32 Å². The van der Waals surface area contributed by atoms with Gasteiger partial charge in [-0.3, -0.25) is 4.79 Å². The fourth-order valence-electron chi connectivity index (χ4n) is 3.40. The van der Waals surface area contributed by atoms with E-state index in [0.29, 0.717) is 36.9 Å². The van der Waals surface area contributed by atoms with Crippen molar-refractivity contribution in [2.45, 2.75) is 38.9 Å². The van der Waals surface area contributed by atoms with E-state index in [0.717, 1.165) is 16.7 Å². The van der Waals surface area contributed by atoms with Crippen LogP contribution in [0.25, 0.3) is 22.5 Å². The van der Waals surface area contributed by atoms with Crippen molar-refractivity contribution in [2.75, 3.05) is 11.9 Å². The highest BCUT2D eigenvalue weighted by Crippen LogP contribution is 2.34. The molecule has 1 aliphatic rings. The lowest BCUT2D eigenvalue weighted by Gasteiger charge is -2.24. The first-order valence-electron chi connectivity index (χ1n) is 9.51. The Bertz CT molecular complexity index is 1180. The number of rotatable bonds is 6. The molecule has 4 aromatic rings. The van der Waals surface area contributed by atoms with E-state index >= 15 is 0 Å². The lowest BCUT2D eigenvalue weighted by molar-refractivity contribution is -0.147. The molecule has 154 valence electrons. The van der Waals surface area contributed by atoms with E-state index in [-0.39, 0.29) is 25.0 Å². The van der Waals surface area contributed by atoms with E-state index in [2.05, 4.69) is 41.1 Å². The van der Waals surface area contributed by atoms with Crippen LogP contribution in [0.4, 0.5) is 5.69 Å². The lowest BCUT2D eigenvalue weighted by atomic mass is 10.1. The molecule has 13 nitrogen and oxygen atoms in total. The van der Waals surface area contributed by atoms with Crippen LogP contribution in [0.3, 0.4) is 0 Å². The number of ether oxygens (including phenoxy) is 1. The number of anilines is 1. The zero-order valence-corrected chi connectivity index (χ0v) is 16.1. The van der Waals surface area contributed by atoms with Gasteiger partial charge in [-0.05, 0) is 17.4 Å². The van der Waals surface area contributed by atoms with Gasteiger partial charge >= 0.3 is 5.97 Å². The molecule has 0 saturated carbocycles. The summed E-state index contributed by atoms with van der Waals surface area (Å²) in [5.74, 6) is 0.433. The van der Waals surface area contributed by atoms with Gasteiger partial charge in [0.05, 0.1) is 35.9 Å². The molecular formula is C17H18N10O3. The second-order valence-corrected chi connectivity index (χ2v) is 6.81. The van der Waals surface area contributed by atoms with E-state index in [1.54, 1.807) is 17.1 Å². The van der Waals surface area contributed by atoms with Gasteiger partial charge in [0.25, 0.3) is 5.89 Å². The van der Waals surface area contributed by atoms with Gasteiger partial charge in [-0.15, -0.1) is 15.3 Å². The Morgan fingerprint density at radius 1 is 1.30 bits per heavy atom. The minimum Gasteiger partial charge on any atom is -0.466 e. The number of aromatic nitrogens is 9. The van der Waals surface area contributed by atoms with E-state index in [4.69, 9.17) is 9.15 Å². The average Bonchev–Trinajstić information content (AvgIpc) is 3.49. The summed E-state index contributed by atoms with van der Waals surface area (Å²) < 4.78 is 14.2. The molecular weight excluding hydrogens is 392 g/mol. The highest BCUT2D eigenvalue weighted by atomic mass is 16.5. The molecule has 1 unspecified atom stereocenters. The Balaban J connectivity index is 1.54. The van der Waals surface area contributed by atoms with Gasteiger partial charge in [0.2, 0.25) is 5.89 Å². The number of hydrogen-bond donors (Lipinski definition) is 1. The van der Waals surface area contributed by atoms with Crippen LogP contribution in [-0.2, 0) is 22.6 Å². The summed E-state index contributed by atoms with van der Waals surface area (Å²) in [5.41, 5.74) is 2.11. The third-order valence-electron chi connectivity index (χ3n) is 4.84. The van der Waals surface area contributed by atoms with E-state index in [1.165, 1.54) is 11.0 Å². The Labute approximate surface area is 169 Å². The van der Waals surface area contributed by atoms with E-state index < -0.39 is 0 Å². The molecule has 5 heterocycles. The third-order valence-corrected chi connectivity index (χ3v) is 4.84. The number of hydrogen-bond acceptors (Lipinski definition) is 11. The summed E-state index contributed by atoms with van der Waals surface area (Å²) >= 11 is 0. The number of tetrazole rings is 1. The molecule has 1 atom stereocenters.